The Morgan fingerprint density at radius 1 is 1.67 bits per heavy atom. The first-order valence-electron chi connectivity index (χ1n) is 5.61. The molecular formula is C9H11FN6O4S. The van der Waals surface area contributed by atoms with E-state index < -0.39 is 42.4 Å². The fourth-order valence-electron chi connectivity index (χ4n) is 1.95. The van der Waals surface area contributed by atoms with E-state index in [1.165, 1.54) is 0 Å². The monoisotopic (exact) mass is 318 g/mol. The van der Waals surface area contributed by atoms with Gasteiger partial charge < -0.3 is 25.8 Å². The van der Waals surface area contributed by atoms with Gasteiger partial charge >= 0.3 is 0 Å². The summed E-state index contributed by atoms with van der Waals surface area (Å²) in [5, 5.41) is 32.3. The van der Waals surface area contributed by atoms with Crippen LogP contribution in [0.2, 0.25) is 0 Å². The highest BCUT2D eigenvalue weighted by Gasteiger charge is 2.54. The molecule has 1 saturated heterocycles. The second-order valence-electron chi connectivity index (χ2n) is 4.30. The van der Waals surface area contributed by atoms with Crippen LogP contribution in [0, 0.1) is 10.6 Å². The molecule has 0 bridgehead atoms. The first-order valence-corrected chi connectivity index (χ1v) is 6.02. The predicted octanol–water partition coefficient (Wildman–Crippen LogP) is -0.417. The minimum absolute atomic E-state index is 0.222. The lowest BCUT2D eigenvalue weighted by molar-refractivity contribution is -0.124. The van der Waals surface area contributed by atoms with Gasteiger partial charge in [0.25, 0.3) is 0 Å². The van der Waals surface area contributed by atoms with Crippen LogP contribution < -0.4 is 5.73 Å². The van der Waals surface area contributed by atoms with E-state index in [9.17, 15) is 19.7 Å². The summed E-state index contributed by atoms with van der Waals surface area (Å²) < 4.78 is 19.4. The zero-order valence-electron chi connectivity index (χ0n) is 10.4. The molecule has 4 atom stereocenters. The maximum atomic E-state index is 13.5. The number of nitrogens with two attached hydrogens (primary N) is 1. The Kier molecular flexibility index (Phi) is 4.09. The molecule has 1 aromatic rings. The summed E-state index contributed by atoms with van der Waals surface area (Å²) in [6.07, 6.45) is -3.97. The van der Waals surface area contributed by atoms with Crippen LogP contribution >= 0.6 is 12.2 Å². The molecule has 2 rings (SSSR count). The molecule has 1 unspecified atom stereocenters. The highest BCUT2D eigenvalue weighted by molar-refractivity contribution is 7.71. The summed E-state index contributed by atoms with van der Waals surface area (Å²) in [7, 11) is 0. The van der Waals surface area contributed by atoms with E-state index in [-0.39, 0.29) is 4.77 Å². The Bertz CT molecular complexity index is 664. The number of azide groups is 1. The quantitative estimate of drug-likeness (QED) is 0.254. The Hall–Kier alpha value is -1.82. The topological polar surface area (TPSA) is 163 Å². The third kappa shape index (κ3) is 2.44. The van der Waals surface area contributed by atoms with Crippen molar-refractivity contribution in [1.29, 1.82) is 0 Å². The molecule has 21 heavy (non-hydrogen) atoms. The van der Waals surface area contributed by atoms with Crippen molar-refractivity contribution in [3.63, 3.8) is 0 Å². The van der Waals surface area contributed by atoms with Crippen molar-refractivity contribution in [3.05, 3.63) is 27.2 Å². The fourth-order valence-corrected chi connectivity index (χ4v) is 2.21. The minimum Gasteiger partial charge on any atom is -0.393 e. The second kappa shape index (κ2) is 5.52. The van der Waals surface area contributed by atoms with Gasteiger partial charge in [-0.15, -0.1) is 0 Å². The van der Waals surface area contributed by atoms with E-state index in [0.29, 0.717) is 0 Å². The third-order valence-corrected chi connectivity index (χ3v) is 3.35. The molecule has 1 fully saturated rings. The summed E-state index contributed by atoms with van der Waals surface area (Å²) in [4.78, 5) is 5.99. The summed E-state index contributed by atoms with van der Waals surface area (Å²) >= 11 is 4.87. The predicted molar refractivity (Wildman–Crippen MR) is 68.5 cm³/mol. The summed E-state index contributed by atoms with van der Waals surface area (Å²) in [5.41, 5.74) is 11.6. The molecule has 0 radical (unpaired) electrons. The zero-order valence-corrected chi connectivity index (χ0v) is 11.2. The van der Waals surface area contributed by atoms with Gasteiger partial charge in [0.2, 0.25) is 10.5 Å². The van der Waals surface area contributed by atoms with Gasteiger partial charge in [-0.2, -0.15) is 4.98 Å². The molecule has 1 aliphatic heterocycles. The number of anilines is 1. The normalized spacial score (nSPS) is 31.9. The molecule has 1 aliphatic rings. The molecule has 114 valence electrons. The van der Waals surface area contributed by atoms with Gasteiger partial charge in [-0.25, -0.2) is 4.39 Å². The van der Waals surface area contributed by atoms with Crippen LogP contribution in [0.5, 0.6) is 0 Å². The Balaban J connectivity index is 2.50. The standard InChI is InChI=1S/C9H11FN6O4S/c10-3-1-16(8(21)13-6(3)11)7-4(18)5(19)9(2-17,20-7)14-15-12/h1,4-5,7,17-19H,2H2,(H2,11,13,21)/t4-,5?,7+,9+/m0/s1. The van der Waals surface area contributed by atoms with Crippen LogP contribution in [0.15, 0.2) is 11.3 Å². The molecule has 0 amide bonds. The molecule has 1 aromatic heterocycles. The molecule has 2 heterocycles. The van der Waals surface area contributed by atoms with Gasteiger partial charge in [0, 0.05) is 11.1 Å². The number of aliphatic hydroxyl groups excluding tert-OH is 3. The van der Waals surface area contributed by atoms with Gasteiger partial charge in [-0.3, -0.25) is 4.57 Å². The summed E-state index contributed by atoms with van der Waals surface area (Å²) in [5.74, 6) is -1.35. The molecular weight excluding hydrogens is 307 g/mol. The Labute approximate surface area is 121 Å². The van der Waals surface area contributed by atoms with Crippen LogP contribution in [-0.4, -0.2) is 49.4 Å². The smallest absolute Gasteiger partial charge is 0.203 e. The fraction of sp³-hybridized carbons (Fsp3) is 0.556. The average Bonchev–Trinajstić information content (AvgIpc) is 2.69. The number of hydrogen-bond acceptors (Lipinski definition) is 8. The van der Waals surface area contributed by atoms with Crippen LogP contribution in [0.3, 0.4) is 0 Å². The Morgan fingerprint density at radius 3 is 2.90 bits per heavy atom. The number of aromatic nitrogens is 2. The number of nitrogen functional groups attached to an aromatic ring is 1. The van der Waals surface area contributed by atoms with Crippen molar-refractivity contribution in [2.24, 2.45) is 5.11 Å². The summed E-state index contributed by atoms with van der Waals surface area (Å²) in [6.45, 7) is -0.899. The largest absolute Gasteiger partial charge is 0.393 e. The molecule has 0 aromatic carbocycles. The van der Waals surface area contributed by atoms with Crippen LogP contribution in [-0.2, 0) is 4.74 Å². The summed E-state index contributed by atoms with van der Waals surface area (Å²) in [6, 6.07) is 0. The minimum atomic E-state index is -2.11. The molecule has 5 N–H and O–H groups in total. The number of nitrogens with zero attached hydrogens (tertiary/aromatic N) is 5. The number of ether oxygens (including phenoxy) is 1. The lowest BCUT2D eigenvalue weighted by Gasteiger charge is -2.23. The van der Waals surface area contributed by atoms with Gasteiger partial charge in [-0.1, -0.05) is 5.11 Å². The van der Waals surface area contributed by atoms with Crippen LogP contribution in [0.25, 0.3) is 10.4 Å². The van der Waals surface area contributed by atoms with Crippen molar-refractivity contribution < 1.29 is 24.4 Å². The first-order chi connectivity index (χ1) is 9.86. The zero-order chi connectivity index (χ0) is 15.8. The van der Waals surface area contributed by atoms with Crippen LogP contribution in [0.1, 0.15) is 6.23 Å². The number of halogens is 1. The van der Waals surface area contributed by atoms with Crippen molar-refractivity contribution in [2.75, 3.05) is 12.3 Å². The Morgan fingerprint density at radius 2 is 2.33 bits per heavy atom. The van der Waals surface area contributed by atoms with Crippen molar-refractivity contribution in [1.82, 2.24) is 9.55 Å². The second-order valence-corrected chi connectivity index (χ2v) is 4.67. The maximum Gasteiger partial charge on any atom is 0.203 e. The lowest BCUT2D eigenvalue weighted by atomic mass is 10.1. The van der Waals surface area contributed by atoms with E-state index in [1.807, 2.05) is 0 Å². The van der Waals surface area contributed by atoms with Gasteiger partial charge in [0.1, 0.15) is 12.2 Å². The van der Waals surface area contributed by atoms with E-state index >= 15 is 0 Å². The van der Waals surface area contributed by atoms with E-state index in [1.54, 1.807) is 0 Å². The number of aliphatic hydroxyl groups is 3. The highest BCUT2D eigenvalue weighted by Crippen LogP contribution is 2.38. The van der Waals surface area contributed by atoms with Gasteiger partial charge in [0.05, 0.1) is 6.61 Å². The molecule has 0 aliphatic carbocycles. The van der Waals surface area contributed by atoms with Crippen molar-refractivity contribution in [3.8, 4) is 0 Å². The van der Waals surface area contributed by atoms with Gasteiger partial charge in [0.15, 0.2) is 17.9 Å². The van der Waals surface area contributed by atoms with Crippen LogP contribution in [0.4, 0.5) is 10.2 Å². The SMILES string of the molecule is [N-]=[N+]=N[C@]1(CO)O[C@@H](n2cc(F)c(N)nc2=S)[C@@H](O)C1O. The molecule has 0 spiro atoms. The molecule has 0 saturated carbocycles. The van der Waals surface area contributed by atoms with Crippen molar-refractivity contribution in [2.45, 2.75) is 24.2 Å². The number of hydrogen-bond donors (Lipinski definition) is 4. The molecule has 10 nitrogen and oxygen atoms in total. The average molecular weight is 318 g/mol. The van der Waals surface area contributed by atoms with E-state index in [2.05, 4.69) is 15.0 Å². The maximum absolute atomic E-state index is 13.5. The van der Waals surface area contributed by atoms with E-state index in [4.69, 9.17) is 28.2 Å². The highest BCUT2D eigenvalue weighted by atomic mass is 32.1. The van der Waals surface area contributed by atoms with E-state index in [0.717, 1.165) is 10.8 Å². The lowest BCUT2D eigenvalue weighted by Crippen LogP contribution is -2.44. The number of rotatable bonds is 3. The first kappa shape index (κ1) is 15.6. The van der Waals surface area contributed by atoms with Gasteiger partial charge in [-0.05, 0) is 17.7 Å². The van der Waals surface area contributed by atoms with Crippen molar-refractivity contribution >= 4 is 18.0 Å². The molecule has 12 heteroatoms. The third-order valence-electron chi connectivity index (χ3n) is 3.05.